The molecule has 0 radical (unpaired) electrons. The van der Waals surface area contributed by atoms with Gasteiger partial charge in [-0.3, -0.25) is 14.9 Å². The van der Waals surface area contributed by atoms with Crippen LogP contribution in [0.5, 0.6) is 0 Å². The van der Waals surface area contributed by atoms with E-state index in [0.29, 0.717) is 21.3 Å². The molecular formula is C26H24N8O5S. The van der Waals surface area contributed by atoms with Gasteiger partial charge in [0.2, 0.25) is 11.1 Å². The minimum absolute atomic E-state index is 0.105. The zero-order chi connectivity index (χ0) is 28.3. The average Bonchev–Trinajstić information content (AvgIpc) is 3.42. The fraction of sp³-hybridized carbons (Fsp3) is 0.154. The number of nitrogens with zero attached hydrogens (tertiary/aromatic N) is 6. The number of hydrazone groups is 1. The summed E-state index contributed by atoms with van der Waals surface area (Å²) in [7, 11) is 0. The van der Waals surface area contributed by atoms with E-state index in [9.17, 15) is 19.7 Å². The van der Waals surface area contributed by atoms with Crippen molar-refractivity contribution in [2.24, 2.45) is 5.10 Å². The van der Waals surface area contributed by atoms with Gasteiger partial charge >= 0.3 is 6.09 Å². The number of ether oxygens (including phenoxy) is 1. The second-order valence-corrected chi connectivity index (χ2v) is 9.13. The highest BCUT2D eigenvalue weighted by Gasteiger charge is 2.20. The van der Waals surface area contributed by atoms with Crippen molar-refractivity contribution in [1.82, 2.24) is 30.9 Å². The standard InChI is InChI=1S/C26H24N8O5S/c1-2-39-26(36)28-21(19-9-5-3-6-10-19)16-24(35)29-27-17-18-13-14-23(22(15-18)34(37)38)40-25-30-31-32-33(25)20-11-7-4-8-12-20/h3-15,17,21H,2,16H2,1H3,(H,28,36)(H,29,35)/b27-17-/t21-/m0/s1. The normalized spacial score (nSPS) is 11.6. The summed E-state index contributed by atoms with van der Waals surface area (Å²) in [5, 5.41) is 30.4. The van der Waals surface area contributed by atoms with Crippen molar-refractivity contribution in [3.05, 3.63) is 100 Å². The van der Waals surface area contributed by atoms with Crippen LogP contribution in [0.15, 0.2) is 94.0 Å². The number of alkyl carbamates (subject to hydrolysis) is 1. The van der Waals surface area contributed by atoms with E-state index >= 15 is 0 Å². The lowest BCUT2D eigenvalue weighted by Gasteiger charge is -2.18. The summed E-state index contributed by atoms with van der Waals surface area (Å²) >= 11 is 1.05. The van der Waals surface area contributed by atoms with Gasteiger partial charge < -0.3 is 10.1 Å². The van der Waals surface area contributed by atoms with Crippen molar-refractivity contribution in [3.8, 4) is 5.69 Å². The maximum atomic E-state index is 12.6. The molecule has 0 aliphatic rings. The Labute approximate surface area is 232 Å². The van der Waals surface area contributed by atoms with E-state index in [2.05, 4.69) is 31.4 Å². The summed E-state index contributed by atoms with van der Waals surface area (Å²) in [5.41, 5.74) is 4.04. The van der Waals surface area contributed by atoms with Gasteiger partial charge in [-0.2, -0.15) is 9.78 Å². The topological polar surface area (TPSA) is 167 Å². The van der Waals surface area contributed by atoms with E-state index in [4.69, 9.17) is 4.74 Å². The molecule has 0 saturated carbocycles. The molecule has 204 valence electrons. The minimum Gasteiger partial charge on any atom is -0.450 e. The summed E-state index contributed by atoms with van der Waals surface area (Å²) in [4.78, 5) is 36.1. The van der Waals surface area contributed by atoms with E-state index < -0.39 is 23.0 Å². The van der Waals surface area contributed by atoms with Gasteiger partial charge in [0, 0.05) is 11.6 Å². The average molecular weight is 561 g/mol. The van der Waals surface area contributed by atoms with E-state index in [1.165, 1.54) is 17.0 Å². The first-order valence-electron chi connectivity index (χ1n) is 12.0. The van der Waals surface area contributed by atoms with Crippen LogP contribution in [-0.2, 0) is 9.53 Å². The fourth-order valence-electron chi connectivity index (χ4n) is 3.58. The Morgan fingerprint density at radius 1 is 1.12 bits per heavy atom. The summed E-state index contributed by atoms with van der Waals surface area (Å²) in [6.07, 6.45) is 0.547. The van der Waals surface area contributed by atoms with Crippen LogP contribution in [-0.4, -0.2) is 50.0 Å². The lowest BCUT2D eigenvalue weighted by atomic mass is 10.0. The number of aromatic nitrogens is 4. The van der Waals surface area contributed by atoms with Crippen molar-refractivity contribution >= 4 is 35.7 Å². The van der Waals surface area contributed by atoms with Crippen molar-refractivity contribution in [2.45, 2.75) is 29.4 Å². The van der Waals surface area contributed by atoms with Crippen LogP contribution in [0.25, 0.3) is 5.69 Å². The number of carbonyl (C=O) groups excluding carboxylic acids is 2. The van der Waals surface area contributed by atoms with Gasteiger partial charge in [0.1, 0.15) is 0 Å². The maximum Gasteiger partial charge on any atom is 0.407 e. The third-order valence-electron chi connectivity index (χ3n) is 5.38. The van der Waals surface area contributed by atoms with E-state index in [-0.39, 0.29) is 18.7 Å². The second kappa shape index (κ2) is 13.6. The molecule has 0 saturated heterocycles. The van der Waals surface area contributed by atoms with Gasteiger partial charge in [-0.05, 0) is 52.9 Å². The predicted molar refractivity (Wildman–Crippen MR) is 146 cm³/mol. The molecule has 14 heteroatoms. The SMILES string of the molecule is CCOC(=O)N[C@@H](CC(=O)N/N=C\c1ccc(Sc2nnnn2-c2ccccc2)c([N+](=O)[O-])c1)c1ccccc1. The van der Waals surface area contributed by atoms with Crippen molar-refractivity contribution in [1.29, 1.82) is 0 Å². The van der Waals surface area contributed by atoms with Crippen LogP contribution in [0.4, 0.5) is 10.5 Å². The van der Waals surface area contributed by atoms with Crippen LogP contribution in [0.3, 0.4) is 0 Å². The molecule has 3 aromatic carbocycles. The Balaban J connectivity index is 1.43. The van der Waals surface area contributed by atoms with Gasteiger partial charge in [-0.25, -0.2) is 10.2 Å². The first-order valence-corrected chi connectivity index (χ1v) is 12.9. The molecule has 1 heterocycles. The zero-order valence-corrected chi connectivity index (χ0v) is 22.0. The number of benzene rings is 3. The molecule has 1 aromatic heterocycles. The lowest BCUT2D eigenvalue weighted by Crippen LogP contribution is -2.33. The number of nitrogens with one attached hydrogen (secondary N) is 2. The van der Waals surface area contributed by atoms with E-state index in [1.807, 2.05) is 36.4 Å². The van der Waals surface area contributed by atoms with E-state index in [1.54, 1.807) is 43.3 Å². The fourth-order valence-corrected chi connectivity index (χ4v) is 4.45. The van der Waals surface area contributed by atoms with Crippen LogP contribution in [0.2, 0.25) is 0 Å². The summed E-state index contributed by atoms with van der Waals surface area (Å²) < 4.78 is 6.42. The molecule has 0 aliphatic carbocycles. The first-order chi connectivity index (χ1) is 19.4. The van der Waals surface area contributed by atoms with Crippen LogP contribution >= 0.6 is 11.8 Å². The molecule has 0 unspecified atom stereocenters. The number of carbonyl (C=O) groups is 2. The number of para-hydroxylation sites is 1. The molecule has 4 aromatic rings. The predicted octanol–water partition coefficient (Wildman–Crippen LogP) is 4.05. The van der Waals surface area contributed by atoms with Crippen molar-refractivity contribution < 1.29 is 19.2 Å². The Kier molecular flexibility index (Phi) is 9.50. The highest BCUT2D eigenvalue weighted by atomic mass is 32.2. The van der Waals surface area contributed by atoms with Crippen LogP contribution < -0.4 is 10.7 Å². The van der Waals surface area contributed by atoms with Crippen LogP contribution in [0.1, 0.15) is 30.5 Å². The zero-order valence-electron chi connectivity index (χ0n) is 21.2. The minimum atomic E-state index is -0.643. The molecule has 4 rings (SSSR count). The molecule has 2 amide bonds. The quantitative estimate of drug-likeness (QED) is 0.156. The number of nitro benzene ring substituents is 1. The molecule has 40 heavy (non-hydrogen) atoms. The van der Waals surface area contributed by atoms with Gasteiger partial charge in [0.25, 0.3) is 5.69 Å². The summed E-state index contributed by atoms with van der Waals surface area (Å²) in [6.45, 7) is 1.87. The number of nitro groups is 1. The molecular weight excluding hydrogens is 536 g/mol. The molecule has 0 spiro atoms. The smallest absolute Gasteiger partial charge is 0.407 e. The number of rotatable bonds is 11. The highest BCUT2D eigenvalue weighted by Crippen LogP contribution is 2.34. The Bertz CT molecular complexity index is 1500. The number of amides is 2. The third kappa shape index (κ3) is 7.48. The monoisotopic (exact) mass is 560 g/mol. The molecule has 0 bridgehead atoms. The highest BCUT2D eigenvalue weighted by molar-refractivity contribution is 7.99. The number of hydrogen-bond acceptors (Lipinski definition) is 10. The first kappa shape index (κ1) is 27.9. The Morgan fingerprint density at radius 3 is 2.55 bits per heavy atom. The molecule has 0 aliphatic heterocycles. The summed E-state index contributed by atoms with van der Waals surface area (Å²) in [6, 6.07) is 22.0. The largest absolute Gasteiger partial charge is 0.450 e. The summed E-state index contributed by atoms with van der Waals surface area (Å²) in [5.74, 6) is -0.476. The van der Waals surface area contributed by atoms with Crippen molar-refractivity contribution in [2.75, 3.05) is 6.61 Å². The Morgan fingerprint density at radius 2 is 1.85 bits per heavy atom. The molecule has 1 atom stereocenters. The second-order valence-electron chi connectivity index (χ2n) is 8.12. The molecule has 0 fully saturated rings. The van der Waals surface area contributed by atoms with Gasteiger partial charge in [-0.1, -0.05) is 54.6 Å². The van der Waals surface area contributed by atoms with E-state index in [0.717, 1.165) is 17.3 Å². The molecule has 13 nitrogen and oxygen atoms in total. The Hall–Kier alpha value is -5.11. The van der Waals surface area contributed by atoms with Crippen molar-refractivity contribution in [3.63, 3.8) is 0 Å². The van der Waals surface area contributed by atoms with Gasteiger partial charge in [0.15, 0.2) is 0 Å². The third-order valence-corrected chi connectivity index (χ3v) is 6.39. The maximum absolute atomic E-state index is 12.6. The van der Waals surface area contributed by atoms with Crippen LogP contribution in [0, 0.1) is 10.1 Å². The van der Waals surface area contributed by atoms with Gasteiger partial charge in [-0.15, -0.1) is 5.10 Å². The lowest BCUT2D eigenvalue weighted by molar-refractivity contribution is -0.387. The number of hydrogen-bond donors (Lipinski definition) is 2. The molecule has 2 N–H and O–H groups in total. The van der Waals surface area contributed by atoms with Gasteiger partial charge in [0.05, 0.1) is 40.8 Å². The number of tetrazole rings is 1.